The molecule has 0 unspecified atom stereocenters. The Kier molecular flexibility index (Phi) is 2.42. The first kappa shape index (κ1) is 10.1. The van der Waals surface area contributed by atoms with Gasteiger partial charge >= 0.3 is 0 Å². The number of halogens is 1. The lowest BCUT2D eigenvalue weighted by Gasteiger charge is -2.01. The van der Waals surface area contributed by atoms with Crippen molar-refractivity contribution in [2.45, 2.75) is 0 Å². The van der Waals surface area contributed by atoms with Gasteiger partial charge in [0.2, 0.25) is 0 Å². The van der Waals surface area contributed by atoms with Gasteiger partial charge < -0.3 is 0 Å². The zero-order chi connectivity index (χ0) is 11.7. The maximum Gasteiger partial charge on any atom is 0.129 e. The number of pyridine rings is 2. The fraction of sp³-hybridized carbons (Fsp3) is 0. The van der Waals surface area contributed by atoms with E-state index in [1.807, 2.05) is 12.1 Å². The molecule has 0 radical (unpaired) electrons. The van der Waals surface area contributed by atoms with E-state index in [1.54, 1.807) is 30.9 Å². The number of hydrogen-bond donors (Lipinski definition) is 0. The summed E-state index contributed by atoms with van der Waals surface area (Å²) >= 11 is 5.85. The maximum atomic E-state index is 5.85. The maximum absolute atomic E-state index is 5.85. The van der Waals surface area contributed by atoms with E-state index in [2.05, 4.69) is 19.9 Å². The highest BCUT2D eigenvalue weighted by Gasteiger charge is 2.03. The fourth-order valence-electron chi connectivity index (χ4n) is 1.57. The van der Waals surface area contributed by atoms with Gasteiger partial charge in [-0.15, -0.1) is 0 Å². The number of aromatic nitrogens is 4. The molecule has 0 bridgehead atoms. The third-order valence-corrected chi connectivity index (χ3v) is 2.57. The predicted molar refractivity (Wildman–Crippen MR) is 65.6 cm³/mol. The normalized spacial score (nSPS) is 10.6. The molecule has 3 aromatic heterocycles. The number of hydrogen-bond acceptors (Lipinski definition) is 4. The van der Waals surface area contributed by atoms with Crippen LogP contribution >= 0.6 is 11.6 Å². The molecule has 0 atom stereocenters. The Balaban J connectivity index is 2.19. The van der Waals surface area contributed by atoms with Crippen LogP contribution in [0.5, 0.6) is 0 Å². The van der Waals surface area contributed by atoms with Gasteiger partial charge in [0.05, 0.1) is 22.9 Å². The Hall–Kier alpha value is -2.07. The van der Waals surface area contributed by atoms with Gasteiger partial charge in [-0.3, -0.25) is 15.0 Å². The van der Waals surface area contributed by atoms with E-state index in [0.717, 1.165) is 22.3 Å². The first-order chi connectivity index (χ1) is 8.33. The molecule has 5 heteroatoms. The molecule has 3 heterocycles. The predicted octanol–water partition coefficient (Wildman–Crippen LogP) is 2.74. The second kappa shape index (κ2) is 4.07. The summed E-state index contributed by atoms with van der Waals surface area (Å²) in [5, 5.41) is 0.454. The number of fused-ring (bicyclic) bond motifs is 1. The van der Waals surface area contributed by atoms with E-state index in [0.29, 0.717) is 5.15 Å². The molecule has 4 nitrogen and oxygen atoms in total. The molecule has 0 aromatic carbocycles. The summed E-state index contributed by atoms with van der Waals surface area (Å²) in [7, 11) is 0. The third-order valence-electron chi connectivity index (χ3n) is 2.36. The molecule has 82 valence electrons. The van der Waals surface area contributed by atoms with Crippen LogP contribution in [0.15, 0.2) is 43.0 Å². The Morgan fingerprint density at radius 2 is 1.88 bits per heavy atom. The minimum absolute atomic E-state index is 0.454. The molecule has 0 aliphatic rings. The van der Waals surface area contributed by atoms with Gasteiger partial charge in [0.1, 0.15) is 5.15 Å². The molecule has 0 N–H and O–H groups in total. The van der Waals surface area contributed by atoms with Crippen LogP contribution in [-0.2, 0) is 0 Å². The Labute approximate surface area is 102 Å². The van der Waals surface area contributed by atoms with Gasteiger partial charge in [0, 0.05) is 24.2 Å². The Bertz CT molecular complexity index is 670. The molecule has 0 saturated heterocycles. The third kappa shape index (κ3) is 1.94. The van der Waals surface area contributed by atoms with Crippen LogP contribution in [0.2, 0.25) is 5.15 Å². The number of rotatable bonds is 1. The van der Waals surface area contributed by atoms with Crippen LogP contribution in [0.25, 0.3) is 22.3 Å². The highest BCUT2D eigenvalue weighted by Crippen LogP contribution is 2.20. The second-order valence-corrected chi connectivity index (χ2v) is 3.87. The van der Waals surface area contributed by atoms with Crippen LogP contribution in [0.1, 0.15) is 0 Å². The van der Waals surface area contributed by atoms with Gasteiger partial charge in [-0.05, 0) is 18.2 Å². The summed E-state index contributed by atoms with van der Waals surface area (Å²) in [6, 6.07) is 5.46. The van der Waals surface area contributed by atoms with Crippen molar-refractivity contribution in [3.63, 3.8) is 0 Å². The first-order valence-electron chi connectivity index (χ1n) is 5.01. The molecule has 0 fully saturated rings. The largest absolute Gasteiger partial charge is 0.261 e. The van der Waals surface area contributed by atoms with E-state index in [4.69, 9.17) is 11.6 Å². The Morgan fingerprint density at radius 1 is 0.941 bits per heavy atom. The molecule has 0 saturated carbocycles. The van der Waals surface area contributed by atoms with Crippen LogP contribution in [0.4, 0.5) is 0 Å². The summed E-state index contributed by atoms with van der Waals surface area (Å²) in [5.41, 5.74) is 3.20. The smallest absolute Gasteiger partial charge is 0.129 e. The van der Waals surface area contributed by atoms with E-state index < -0.39 is 0 Å². The van der Waals surface area contributed by atoms with Gasteiger partial charge in [-0.1, -0.05) is 11.6 Å². The van der Waals surface area contributed by atoms with Crippen molar-refractivity contribution in [1.82, 2.24) is 19.9 Å². The lowest BCUT2D eigenvalue weighted by Crippen LogP contribution is -1.88. The van der Waals surface area contributed by atoms with Gasteiger partial charge in [0.15, 0.2) is 0 Å². The van der Waals surface area contributed by atoms with Gasteiger partial charge in [0.25, 0.3) is 0 Å². The van der Waals surface area contributed by atoms with Crippen molar-refractivity contribution in [3.8, 4) is 11.3 Å². The van der Waals surface area contributed by atoms with Crippen molar-refractivity contribution in [2.75, 3.05) is 0 Å². The quantitative estimate of drug-likeness (QED) is 0.616. The first-order valence-corrected chi connectivity index (χ1v) is 5.39. The van der Waals surface area contributed by atoms with Crippen molar-refractivity contribution < 1.29 is 0 Å². The average molecular weight is 243 g/mol. The van der Waals surface area contributed by atoms with E-state index in [9.17, 15) is 0 Å². The van der Waals surface area contributed by atoms with E-state index >= 15 is 0 Å². The zero-order valence-electron chi connectivity index (χ0n) is 8.71. The molecule has 0 aliphatic carbocycles. The lowest BCUT2D eigenvalue weighted by atomic mass is 10.2. The molecule has 3 rings (SSSR count). The topological polar surface area (TPSA) is 51.6 Å². The molecule has 0 spiro atoms. The van der Waals surface area contributed by atoms with Crippen LogP contribution in [-0.4, -0.2) is 19.9 Å². The van der Waals surface area contributed by atoms with Gasteiger partial charge in [-0.2, -0.15) is 0 Å². The minimum Gasteiger partial charge on any atom is -0.261 e. The van der Waals surface area contributed by atoms with E-state index in [1.165, 1.54) is 0 Å². The molecule has 0 aliphatic heterocycles. The lowest BCUT2D eigenvalue weighted by molar-refractivity contribution is 1.20. The fourth-order valence-corrected chi connectivity index (χ4v) is 1.72. The zero-order valence-corrected chi connectivity index (χ0v) is 9.46. The van der Waals surface area contributed by atoms with Crippen LogP contribution in [0, 0.1) is 0 Å². The molecule has 3 aromatic rings. The summed E-state index contributed by atoms with van der Waals surface area (Å²) in [6.45, 7) is 0. The highest BCUT2D eigenvalue weighted by molar-refractivity contribution is 6.29. The van der Waals surface area contributed by atoms with Crippen LogP contribution < -0.4 is 0 Å². The summed E-state index contributed by atoms with van der Waals surface area (Å²) in [4.78, 5) is 16.8. The van der Waals surface area contributed by atoms with Crippen molar-refractivity contribution >= 4 is 22.6 Å². The SMILES string of the molecule is Clc1ccc2ncc(-c3cnccn3)cc2n1. The standard InChI is InChI=1S/C12H7ClN4/c13-12-2-1-9-10(17-12)5-8(6-16-9)11-7-14-3-4-15-11/h1-7H. The van der Waals surface area contributed by atoms with Crippen molar-refractivity contribution in [2.24, 2.45) is 0 Å². The minimum atomic E-state index is 0.454. The monoisotopic (exact) mass is 242 g/mol. The molecule has 17 heavy (non-hydrogen) atoms. The molecular weight excluding hydrogens is 236 g/mol. The summed E-state index contributed by atoms with van der Waals surface area (Å²) in [6.07, 6.45) is 6.72. The summed E-state index contributed by atoms with van der Waals surface area (Å²) < 4.78 is 0. The van der Waals surface area contributed by atoms with Crippen molar-refractivity contribution in [3.05, 3.63) is 48.1 Å². The summed E-state index contributed by atoms with van der Waals surface area (Å²) in [5.74, 6) is 0. The Morgan fingerprint density at radius 3 is 2.71 bits per heavy atom. The molecular formula is C12H7ClN4. The number of nitrogens with zero attached hydrogens (tertiary/aromatic N) is 4. The van der Waals surface area contributed by atoms with E-state index in [-0.39, 0.29) is 0 Å². The van der Waals surface area contributed by atoms with Crippen LogP contribution in [0.3, 0.4) is 0 Å². The average Bonchev–Trinajstić information content (AvgIpc) is 2.39. The highest BCUT2D eigenvalue weighted by atomic mass is 35.5. The van der Waals surface area contributed by atoms with Crippen molar-refractivity contribution in [1.29, 1.82) is 0 Å². The second-order valence-electron chi connectivity index (χ2n) is 3.49. The van der Waals surface area contributed by atoms with Gasteiger partial charge in [-0.25, -0.2) is 4.98 Å². The molecule has 0 amide bonds.